The number of benzene rings is 2. The van der Waals surface area contributed by atoms with Gasteiger partial charge >= 0.3 is 0 Å². The highest BCUT2D eigenvalue weighted by Crippen LogP contribution is 2.22. The molecule has 0 unspecified atom stereocenters. The van der Waals surface area contributed by atoms with Gasteiger partial charge in [0.05, 0.1) is 0 Å². The van der Waals surface area contributed by atoms with Crippen LogP contribution in [0.4, 0.5) is 0 Å². The quantitative estimate of drug-likeness (QED) is 0.741. The van der Waals surface area contributed by atoms with Crippen LogP contribution in [0, 0.1) is 6.92 Å². The molecule has 0 atom stereocenters. The van der Waals surface area contributed by atoms with E-state index in [-0.39, 0.29) is 11.7 Å². The van der Waals surface area contributed by atoms with E-state index < -0.39 is 0 Å². The van der Waals surface area contributed by atoms with Gasteiger partial charge in [-0.1, -0.05) is 29.8 Å². The summed E-state index contributed by atoms with van der Waals surface area (Å²) in [6.45, 7) is 5.23. The predicted octanol–water partition coefficient (Wildman–Crippen LogP) is 3.53. The number of fused-ring (bicyclic) bond motifs is 1. The molecule has 1 aliphatic rings. The van der Waals surface area contributed by atoms with E-state index in [1.54, 1.807) is 6.07 Å². The third-order valence-corrected chi connectivity index (χ3v) is 4.94. The Morgan fingerprint density at radius 2 is 2.00 bits per heavy atom. The minimum atomic E-state index is -0.0773. The molecule has 2 aromatic carbocycles. The van der Waals surface area contributed by atoms with Crippen molar-refractivity contribution in [1.82, 2.24) is 9.88 Å². The van der Waals surface area contributed by atoms with E-state index in [0.717, 1.165) is 42.7 Å². The van der Waals surface area contributed by atoms with E-state index in [0.29, 0.717) is 0 Å². The van der Waals surface area contributed by atoms with Crippen molar-refractivity contribution >= 4 is 10.9 Å². The molecule has 0 amide bonds. The van der Waals surface area contributed by atoms with E-state index in [9.17, 15) is 4.79 Å². The molecule has 1 saturated heterocycles. The molecule has 3 aromatic rings. The van der Waals surface area contributed by atoms with Crippen molar-refractivity contribution in [1.29, 1.82) is 0 Å². The lowest BCUT2D eigenvalue weighted by molar-refractivity contribution is 0.0196. The van der Waals surface area contributed by atoms with Gasteiger partial charge in [-0.2, -0.15) is 0 Å². The molecule has 1 N–H and O–H groups in total. The topological polar surface area (TPSA) is 45.3 Å². The van der Waals surface area contributed by atoms with E-state index in [4.69, 9.17) is 4.74 Å². The highest BCUT2D eigenvalue weighted by molar-refractivity contribution is 5.79. The SMILES string of the molecule is Cc1cccc(CCCN2CC(Oc3ccc4[nH]c(=O)ccc4c3)C2)c1. The van der Waals surface area contributed by atoms with Gasteiger partial charge in [0.25, 0.3) is 0 Å². The molecule has 26 heavy (non-hydrogen) atoms. The maximum atomic E-state index is 11.3. The Bertz CT molecular complexity index is 958. The highest BCUT2D eigenvalue weighted by Gasteiger charge is 2.27. The van der Waals surface area contributed by atoms with Crippen LogP contribution in [-0.2, 0) is 6.42 Å². The number of nitrogens with one attached hydrogen (secondary N) is 1. The first-order valence-corrected chi connectivity index (χ1v) is 9.23. The lowest BCUT2D eigenvalue weighted by Crippen LogP contribution is -2.53. The number of likely N-dealkylation sites (tertiary alicyclic amines) is 1. The number of hydrogen-bond donors (Lipinski definition) is 1. The highest BCUT2D eigenvalue weighted by atomic mass is 16.5. The second kappa shape index (κ2) is 7.34. The molecule has 0 radical (unpaired) electrons. The summed E-state index contributed by atoms with van der Waals surface area (Å²) in [6.07, 6.45) is 2.57. The zero-order valence-corrected chi connectivity index (χ0v) is 15.1. The fraction of sp³-hybridized carbons (Fsp3) is 0.318. The summed E-state index contributed by atoms with van der Waals surface area (Å²) in [5.41, 5.74) is 3.52. The van der Waals surface area contributed by atoms with Crippen molar-refractivity contribution in [2.24, 2.45) is 0 Å². The number of rotatable bonds is 6. The third-order valence-electron chi connectivity index (χ3n) is 4.94. The molecule has 0 saturated carbocycles. The number of pyridine rings is 1. The third kappa shape index (κ3) is 3.97. The maximum absolute atomic E-state index is 11.3. The number of hydrogen-bond acceptors (Lipinski definition) is 3. The lowest BCUT2D eigenvalue weighted by Gasteiger charge is -2.39. The summed E-state index contributed by atoms with van der Waals surface area (Å²) >= 11 is 0. The van der Waals surface area contributed by atoms with Gasteiger partial charge in [0.2, 0.25) is 5.56 Å². The van der Waals surface area contributed by atoms with Gasteiger partial charge in [-0.05, 0) is 56.1 Å². The van der Waals surface area contributed by atoms with Crippen LogP contribution in [0.15, 0.2) is 59.4 Å². The fourth-order valence-electron chi connectivity index (χ4n) is 3.55. The van der Waals surface area contributed by atoms with Crippen LogP contribution in [0.25, 0.3) is 10.9 Å². The van der Waals surface area contributed by atoms with Gasteiger partial charge in [0, 0.05) is 30.1 Å². The van der Waals surface area contributed by atoms with Gasteiger partial charge < -0.3 is 9.72 Å². The molecule has 4 nitrogen and oxygen atoms in total. The number of H-pyrrole nitrogens is 1. The van der Waals surface area contributed by atoms with Gasteiger partial charge in [-0.15, -0.1) is 0 Å². The van der Waals surface area contributed by atoms with Crippen molar-refractivity contribution in [2.75, 3.05) is 19.6 Å². The Kier molecular flexibility index (Phi) is 4.76. The number of aryl methyl sites for hydroxylation is 2. The maximum Gasteiger partial charge on any atom is 0.248 e. The summed E-state index contributed by atoms with van der Waals surface area (Å²) in [7, 11) is 0. The summed E-state index contributed by atoms with van der Waals surface area (Å²) in [5.74, 6) is 0.869. The van der Waals surface area contributed by atoms with Gasteiger partial charge in [0.15, 0.2) is 0 Å². The standard InChI is InChI=1S/C22H24N2O2/c1-16-4-2-5-17(12-16)6-3-11-24-14-20(15-24)26-19-8-9-21-18(13-19)7-10-22(25)23-21/h2,4-5,7-10,12-13,20H,3,6,11,14-15H2,1H3,(H,23,25). The van der Waals surface area contributed by atoms with Crippen molar-refractivity contribution < 1.29 is 4.74 Å². The summed E-state index contributed by atoms with van der Waals surface area (Å²) in [6, 6.07) is 18.0. The van der Waals surface area contributed by atoms with Crippen LogP contribution >= 0.6 is 0 Å². The van der Waals surface area contributed by atoms with Gasteiger partial charge in [-0.3, -0.25) is 9.69 Å². The van der Waals surface area contributed by atoms with Crippen molar-refractivity contribution in [3.05, 3.63) is 76.1 Å². The smallest absolute Gasteiger partial charge is 0.248 e. The minimum Gasteiger partial charge on any atom is -0.488 e. The van der Waals surface area contributed by atoms with Crippen LogP contribution in [0.1, 0.15) is 17.5 Å². The Morgan fingerprint density at radius 3 is 2.85 bits per heavy atom. The zero-order valence-electron chi connectivity index (χ0n) is 15.1. The zero-order chi connectivity index (χ0) is 17.9. The summed E-state index contributed by atoms with van der Waals surface area (Å²) in [5, 5.41) is 0.997. The summed E-state index contributed by atoms with van der Waals surface area (Å²) in [4.78, 5) is 16.6. The Morgan fingerprint density at radius 1 is 1.12 bits per heavy atom. The van der Waals surface area contributed by atoms with E-state index >= 15 is 0 Å². The molecule has 0 spiro atoms. The second-order valence-electron chi connectivity index (χ2n) is 7.16. The van der Waals surface area contributed by atoms with Gasteiger partial charge in [0.1, 0.15) is 11.9 Å². The molecule has 1 fully saturated rings. The molecular weight excluding hydrogens is 324 g/mol. The lowest BCUT2D eigenvalue weighted by atomic mass is 10.1. The van der Waals surface area contributed by atoms with Crippen LogP contribution < -0.4 is 10.3 Å². The molecule has 0 aliphatic carbocycles. The van der Waals surface area contributed by atoms with Crippen LogP contribution in [-0.4, -0.2) is 35.6 Å². The Hall–Kier alpha value is -2.59. The average molecular weight is 348 g/mol. The monoisotopic (exact) mass is 348 g/mol. The van der Waals surface area contributed by atoms with E-state index in [2.05, 4.69) is 41.1 Å². The van der Waals surface area contributed by atoms with Crippen LogP contribution in [0.2, 0.25) is 0 Å². The van der Waals surface area contributed by atoms with Crippen molar-refractivity contribution in [3.63, 3.8) is 0 Å². The first-order chi connectivity index (χ1) is 12.7. The predicted molar refractivity (Wildman–Crippen MR) is 105 cm³/mol. The first-order valence-electron chi connectivity index (χ1n) is 9.23. The largest absolute Gasteiger partial charge is 0.488 e. The van der Waals surface area contributed by atoms with E-state index in [1.165, 1.54) is 17.5 Å². The molecule has 134 valence electrons. The molecule has 0 bridgehead atoms. The second-order valence-corrected chi connectivity index (χ2v) is 7.16. The molecule has 1 aromatic heterocycles. The molecule has 2 heterocycles. The average Bonchev–Trinajstić information content (AvgIpc) is 2.59. The molecule has 1 aliphatic heterocycles. The normalized spacial score (nSPS) is 15.1. The van der Waals surface area contributed by atoms with Crippen molar-refractivity contribution in [3.8, 4) is 5.75 Å². The van der Waals surface area contributed by atoms with Crippen LogP contribution in [0.5, 0.6) is 5.75 Å². The molecular formula is C22H24N2O2. The molecule has 4 rings (SSSR count). The number of nitrogens with zero attached hydrogens (tertiary/aromatic N) is 1. The fourth-order valence-corrected chi connectivity index (χ4v) is 3.55. The first kappa shape index (κ1) is 16.9. The summed E-state index contributed by atoms with van der Waals surface area (Å²) < 4.78 is 6.07. The molecule has 4 heteroatoms. The van der Waals surface area contributed by atoms with E-state index in [1.807, 2.05) is 24.3 Å². The minimum absolute atomic E-state index is 0.0773. The van der Waals surface area contributed by atoms with Crippen molar-refractivity contribution in [2.45, 2.75) is 25.9 Å². The number of ether oxygens (including phenoxy) is 1. The Labute approximate surface area is 153 Å². The number of aromatic amines is 1. The van der Waals surface area contributed by atoms with Crippen LogP contribution in [0.3, 0.4) is 0 Å². The Balaban J connectivity index is 1.24. The number of aromatic nitrogens is 1. The van der Waals surface area contributed by atoms with Gasteiger partial charge in [-0.25, -0.2) is 0 Å².